The number of nitrogens with one attached hydrogen (secondary N) is 3. The maximum Gasteiger partial charge on any atom is 0.251 e. The van der Waals surface area contributed by atoms with Gasteiger partial charge in [-0.2, -0.15) is 0 Å². The van der Waals surface area contributed by atoms with Crippen molar-refractivity contribution in [3.63, 3.8) is 0 Å². The van der Waals surface area contributed by atoms with Crippen LogP contribution < -0.4 is 16.0 Å². The summed E-state index contributed by atoms with van der Waals surface area (Å²) in [6.45, 7) is 6.57. The Morgan fingerprint density at radius 3 is 2.87 bits per heavy atom. The lowest BCUT2D eigenvalue weighted by Gasteiger charge is -2.18. The smallest absolute Gasteiger partial charge is 0.251 e. The van der Waals surface area contributed by atoms with E-state index in [0.717, 1.165) is 32.6 Å². The minimum atomic E-state index is -0.128. The van der Waals surface area contributed by atoms with Crippen LogP contribution in [0.25, 0.3) is 0 Å². The number of carbonyl (C=O) groups is 2. The molecule has 7 heteroatoms. The molecule has 1 heterocycles. The van der Waals surface area contributed by atoms with Crippen LogP contribution in [-0.2, 0) is 4.79 Å². The molecule has 0 aliphatic carbocycles. The number of hydrogen-bond acceptors (Lipinski definition) is 4. The largest absolute Gasteiger partial charge is 0.352 e. The second-order valence-corrected chi connectivity index (χ2v) is 5.37. The highest BCUT2D eigenvalue weighted by Gasteiger charge is 2.13. The van der Waals surface area contributed by atoms with E-state index >= 15 is 0 Å². The Bertz CT molecular complexity index is 517. The molecule has 1 fully saturated rings. The van der Waals surface area contributed by atoms with Crippen molar-refractivity contribution in [1.82, 2.24) is 15.5 Å². The average Bonchev–Trinajstić information content (AvgIpc) is 2.76. The van der Waals surface area contributed by atoms with Gasteiger partial charge < -0.3 is 16.0 Å². The van der Waals surface area contributed by atoms with E-state index < -0.39 is 0 Å². The Labute approximate surface area is 143 Å². The molecule has 0 saturated carbocycles. The molecular formula is C16H25ClN4O2. The first-order valence-electron chi connectivity index (χ1n) is 7.80. The van der Waals surface area contributed by atoms with Crippen molar-refractivity contribution >= 4 is 29.9 Å². The van der Waals surface area contributed by atoms with Crippen molar-refractivity contribution in [3.8, 4) is 0 Å². The zero-order valence-electron chi connectivity index (χ0n) is 13.4. The van der Waals surface area contributed by atoms with Crippen LogP contribution in [0.5, 0.6) is 0 Å². The van der Waals surface area contributed by atoms with Crippen molar-refractivity contribution in [3.05, 3.63) is 29.8 Å². The molecule has 1 aliphatic rings. The number of anilines is 1. The number of carbonyl (C=O) groups excluding carboxylic acids is 2. The highest BCUT2D eigenvalue weighted by Crippen LogP contribution is 2.11. The summed E-state index contributed by atoms with van der Waals surface area (Å²) < 4.78 is 0. The van der Waals surface area contributed by atoms with Crippen LogP contribution in [0.2, 0.25) is 0 Å². The Morgan fingerprint density at radius 1 is 1.26 bits per heavy atom. The standard InChI is InChI=1S/C16H24N4O2.ClH/c1-2-18-16(22)13-5-3-6-14(11-13)19-15(21)12-20-9-4-7-17-8-10-20;/h3,5-6,11,17H,2,4,7-10,12H2,1H3,(H,18,22)(H,19,21);1H. The predicted molar refractivity (Wildman–Crippen MR) is 94.3 cm³/mol. The van der Waals surface area contributed by atoms with Gasteiger partial charge >= 0.3 is 0 Å². The van der Waals surface area contributed by atoms with Crippen molar-refractivity contribution in [2.45, 2.75) is 13.3 Å². The molecule has 128 valence electrons. The fraction of sp³-hybridized carbons (Fsp3) is 0.500. The first kappa shape index (κ1) is 19.4. The Hall–Kier alpha value is -1.63. The quantitative estimate of drug-likeness (QED) is 0.750. The summed E-state index contributed by atoms with van der Waals surface area (Å²) in [5.74, 6) is -0.174. The molecule has 0 spiro atoms. The summed E-state index contributed by atoms with van der Waals surface area (Å²) >= 11 is 0. The van der Waals surface area contributed by atoms with Gasteiger partial charge in [0.05, 0.1) is 6.54 Å². The zero-order chi connectivity index (χ0) is 15.8. The molecule has 2 rings (SSSR count). The molecule has 0 bridgehead atoms. The molecule has 2 amide bonds. The normalized spacial score (nSPS) is 15.2. The third kappa shape index (κ3) is 6.56. The molecular weight excluding hydrogens is 316 g/mol. The van der Waals surface area contributed by atoms with Gasteiger partial charge in [-0.05, 0) is 44.6 Å². The van der Waals surface area contributed by atoms with Gasteiger partial charge in [0.25, 0.3) is 5.91 Å². The van der Waals surface area contributed by atoms with E-state index in [2.05, 4.69) is 20.9 Å². The van der Waals surface area contributed by atoms with Gasteiger partial charge in [-0.1, -0.05) is 6.07 Å². The van der Waals surface area contributed by atoms with Crippen molar-refractivity contribution < 1.29 is 9.59 Å². The predicted octanol–water partition coefficient (Wildman–Crippen LogP) is 1.09. The monoisotopic (exact) mass is 340 g/mol. The van der Waals surface area contributed by atoms with Gasteiger partial charge in [-0.15, -0.1) is 12.4 Å². The lowest BCUT2D eigenvalue weighted by molar-refractivity contribution is -0.117. The Kier molecular flexibility index (Phi) is 8.61. The molecule has 1 aliphatic heterocycles. The lowest BCUT2D eigenvalue weighted by Crippen LogP contribution is -2.35. The van der Waals surface area contributed by atoms with Crippen LogP contribution in [0.4, 0.5) is 5.69 Å². The van der Waals surface area contributed by atoms with Crippen molar-refractivity contribution in [1.29, 1.82) is 0 Å². The average molecular weight is 341 g/mol. The van der Waals surface area contributed by atoms with Gasteiger partial charge in [-0.3, -0.25) is 14.5 Å². The van der Waals surface area contributed by atoms with Crippen molar-refractivity contribution in [2.24, 2.45) is 0 Å². The molecule has 6 nitrogen and oxygen atoms in total. The number of amides is 2. The molecule has 1 aromatic rings. The van der Waals surface area contributed by atoms with E-state index in [-0.39, 0.29) is 24.2 Å². The third-order valence-electron chi connectivity index (χ3n) is 3.55. The highest BCUT2D eigenvalue weighted by atomic mass is 35.5. The maximum atomic E-state index is 12.1. The molecule has 3 N–H and O–H groups in total. The SMILES string of the molecule is CCNC(=O)c1cccc(NC(=O)CN2CCCNCC2)c1.Cl. The fourth-order valence-electron chi connectivity index (χ4n) is 2.46. The summed E-state index contributed by atoms with van der Waals surface area (Å²) in [6.07, 6.45) is 1.06. The highest BCUT2D eigenvalue weighted by molar-refractivity contribution is 5.97. The molecule has 0 atom stereocenters. The molecule has 0 radical (unpaired) electrons. The van der Waals surface area contributed by atoms with Gasteiger partial charge in [-0.25, -0.2) is 0 Å². The Morgan fingerprint density at radius 2 is 2.09 bits per heavy atom. The minimum absolute atomic E-state index is 0. The number of rotatable bonds is 5. The number of halogens is 1. The van der Waals surface area contributed by atoms with E-state index in [0.29, 0.717) is 24.3 Å². The van der Waals surface area contributed by atoms with Crippen LogP contribution in [0.1, 0.15) is 23.7 Å². The van der Waals surface area contributed by atoms with Gasteiger partial charge in [0.2, 0.25) is 5.91 Å². The molecule has 0 unspecified atom stereocenters. The first-order valence-corrected chi connectivity index (χ1v) is 7.80. The summed E-state index contributed by atoms with van der Waals surface area (Å²) in [4.78, 5) is 26.1. The van der Waals surface area contributed by atoms with Crippen LogP contribution in [-0.4, -0.2) is 56.0 Å². The maximum absolute atomic E-state index is 12.1. The summed E-state index contributed by atoms with van der Waals surface area (Å²) in [6, 6.07) is 7.01. The molecule has 1 saturated heterocycles. The molecule has 1 aromatic carbocycles. The number of hydrogen-bond donors (Lipinski definition) is 3. The summed E-state index contributed by atoms with van der Waals surface area (Å²) in [5, 5.41) is 8.93. The Balaban J connectivity index is 0.00000264. The minimum Gasteiger partial charge on any atom is -0.352 e. The van der Waals surface area contributed by atoms with Gasteiger partial charge in [0.1, 0.15) is 0 Å². The third-order valence-corrected chi connectivity index (χ3v) is 3.55. The van der Waals surface area contributed by atoms with Crippen LogP contribution in [0, 0.1) is 0 Å². The number of benzene rings is 1. The van der Waals surface area contributed by atoms with E-state index in [9.17, 15) is 9.59 Å². The van der Waals surface area contributed by atoms with Gasteiger partial charge in [0.15, 0.2) is 0 Å². The van der Waals surface area contributed by atoms with Crippen LogP contribution in [0.3, 0.4) is 0 Å². The molecule has 23 heavy (non-hydrogen) atoms. The second-order valence-electron chi connectivity index (χ2n) is 5.37. The topological polar surface area (TPSA) is 73.5 Å². The fourth-order valence-corrected chi connectivity index (χ4v) is 2.46. The van der Waals surface area contributed by atoms with E-state index in [1.54, 1.807) is 24.3 Å². The first-order chi connectivity index (χ1) is 10.7. The molecule has 0 aromatic heterocycles. The summed E-state index contributed by atoms with van der Waals surface area (Å²) in [7, 11) is 0. The zero-order valence-corrected chi connectivity index (χ0v) is 14.2. The van der Waals surface area contributed by atoms with E-state index in [1.807, 2.05) is 6.92 Å². The summed E-state index contributed by atoms with van der Waals surface area (Å²) in [5.41, 5.74) is 1.21. The lowest BCUT2D eigenvalue weighted by atomic mass is 10.2. The second kappa shape index (κ2) is 10.2. The van der Waals surface area contributed by atoms with Gasteiger partial charge in [0, 0.05) is 30.9 Å². The van der Waals surface area contributed by atoms with Crippen LogP contribution in [0.15, 0.2) is 24.3 Å². The number of nitrogens with zero attached hydrogens (tertiary/aromatic N) is 1. The van der Waals surface area contributed by atoms with E-state index in [4.69, 9.17) is 0 Å². The van der Waals surface area contributed by atoms with E-state index in [1.165, 1.54) is 0 Å². The van der Waals surface area contributed by atoms with Crippen LogP contribution >= 0.6 is 12.4 Å². The van der Waals surface area contributed by atoms with Crippen molar-refractivity contribution in [2.75, 3.05) is 44.6 Å².